The first-order chi connectivity index (χ1) is 8.58. The van der Waals surface area contributed by atoms with Crippen molar-refractivity contribution in [2.24, 2.45) is 5.73 Å². The number of ether oxygens (including phenoxy) is 1. The smallest absolute Gasteiger partial charge is 0.331 e. The Morgan fingerprint density at radius 3 is 2.44 bits per heavy atom. The number of urea groups is 1. The maximum Gasteiger partial charge on any atom is 0.331 e. The topological polar surface area (TPSA) is 98.5 Å². The first-order valence-electron chi connectivity index (χ1n) is 5.07. The zero-order valence-electron chi connectivity index (χ0n) is 9.46. The van der Waals surface area contributed by atoms with E-state index in [0.29, 0.717) is 0 Å². The fourth-order valence-electron chi connectivity index (χ4n) is 1.08. The Morgan fingerprint density at radius 1 is 1.17 bits per heavy atom. The molecule has 0 aromatic heterocycles. The van der Waals surface area contributed by atoms with E-state index in [0.717, 1.165) is 17.7 Å². The van der Waals surface area contributed by atoms with Crippen molar-refractivity contribution in [3.8, 4) is 0 Å². The summed E-state index contributed by atoms with van der Waals surface area (Å²) in [5.74, 6) is -1.46. The Hall–Kier alpha value is -2.63. The molecule has 0 spiro atoms. The third-order valence-electron chi connectivity index (χ3n) is 1.84. The molecule has 0 aliphatic carbocycles. The second kappa shape index (κ2) is 6.85. The molecule has 0 radical (unpaired) electrons. The molecule has 1 aromatic carbocycles. The van der Waals surface area contributed by atoms with E-state index in [9.17, 15) is 14.4 Å². The predicted molar refractivity (Wildman–Crippen MR) is 63.1 cm³/mol. The van der Waals surface area contributed by atoms with Gasteiger partial charge in [-0.15, -0.1) is 0 Å². The van der Waals surface area contributed by atoms with Gasteiger partial charge in [0.25, 0.3) is 5.91 Å². The third kappa shape index (κ3) is 5.45. The maximum absolute atomic E-state index is 11.2. The summed E-state index contributed by atoms with van der Waals surface area (Å²) in [4.78, 5) is 32.4. The molecule has 0 heterocycles. The van der Waals surface area contributed by atoms with Gasteiger partial charge < -0.3 is 10.5 Å². The van der Waals surface area contributed by atoms with Gasteiger partial charge in [-0.2, -0.15) is 0 Å². The van der Waals surface area contributed by atoms with Gasteiger partial charge in [-0.3, -0.25) is 10.1 Å². The maximum atomic E-state index is 11.2. The number of carbonyl (C=O) groups is 3. The standard InChI is InChI=1S/C12H12N2O4/c13-12(17)14-10(15)6-7-11(16)18-8-9-4-2-1-3-5-9/h1-7H,8H2,(H3,13,14,15,17)/b7-6-. The lowest BCUT2D eigenvalue weighted by Crippen LogP contribution is -2.33. The average molecular weight is 248 g/mol. The fourth-order valence-corrected chi connectivity index (χ4v) is 1.08. The molecule has 3 N–H and O–H groups in total. The van der Waals surface area contributed by atoms with Gasteiger partial charge >= 0.3 is 12.0 Å². The fraction of sp³-hybridized carbons (Fsp3) is 0.0833. The summed E-state index contributed by atoms with van der Waals surface area (Å²) in [5.41, 5.74) is 5.55. The summed E-state index contributed by atoms with van der Waals surface area (Å²) in [6.07, 6.45) is 1.79. The highest BCUT2D eigenvalue weighted by molar-refractivity contribution is 6.02. The van der Waals surface area contributed by atoms with Gasteiger partial charge in [-0.25, -0.2) is 9.59 Å². The van der Waals surface area contributed by atoms with Crippen LogP contribution in [0.5, 0.6) is 0 Å². The highest BCUT2D eigenvalue weighted by atomic mass is 16.5. The molecule has 0 atom stereocenters. The number of benzene rings is 1. The number of nitrogens with two attached hydrogens (primary N) is 1. The van der Waals surface area contributed by atoms with Gasteiger partial charge in [0, 0.05) is 12.2 Å². The van der Waals surface area contributed by atoms with Crippen molar-refractivity contribution in [3.05, 3.63) is 48.0 Å². The SMILES string of the molecule is NC(=O)NC(=O)/C=C\C(=O)OCc1ccccc1. The molecule has 0 aliphatic heterocycles. The number of amides is 3. The second-order valence-electron chi connectivity index (χ2n) is 3.28. The van der Waals surface area contributed by atoms with Crippen LogP contribution in [0.2, 0.25) is 0 Å². The van der Waals surface area contributed by atoms with E-state index in [1.54, 1.807) is 17.4 Å². The van der Waals surface area contributed by atoms with Crippen molar-refractivity contribution in [1.82, 2.24) is 5.32 Å². The summed E-state index contributed by atoms with van der Waals surface area (Å²) in [7, 11) is 0. The van der Waals surface area contributed by atoms with E-state index < -0.39 is 17.9 Å². The van der Waals surface area contributed by atoms with Crippen LogP contribution in [0.15, 0.2) is 42.5 Å². The highest BCUT2D eigenvalue weighted by Gasteiger charge is 2.02. The molecule has 0 bridgehead atoms. The van der Waals surface area contributed by atoms with Crippen LogP contribution >= 0.6 is 0 Å². The molecule has 3 amide bonds. The molecule has 0 aliphatic rings. The Labute approximate surface area is 103 Å². The van der Waals surface area contributed by atoms with Crippen molar-refractivity contribution in [1.29, 1.82) is 0 Å². The van der Waals surface area contributed by atoms with Gasteiger partial charge in [0.2, 0.25) is 0 Å². The molecular weight excluding hydrogens is 236 g/mol. The van der Waals surface area contributed by atoms with Crippen molar-refractivity contribution < 1.29 is 19.1 Å². The van der Waals surface area contributed by atoms with Gasteiger partial charge in [0.15, 0.2) is 0 Å². The van der Waals surface area contributed by atoms with E-state index in [1.165, 1.54) is 0 Å². The van der Waals surface area contributed by atoms with Gasteiger partial charge in [-0.05, 0) is 5.56 Å². The quantitative estimate of drug-likeness (QED) is 0.598. The minimum absolute atomic E-state index is 0.113. The van der Waals surface area contributed by atoms with E-state index in [1.807, 2.05) is 18.2 Å². The van der Waals surface area contributed by atoms with Crippen LogP contribution in [0.4, 0.5) is 4.79 Å². The summed E-state index contributed by atoms with van der Waals surface area (Å²) in [5, 5.41) is 1.78. The van der Waals surface area contributed by atoms with Gasteiger partial charge in [0.1, 0.15) is 6.61 Å². The lowest BCUT2D eigenvalue weighted by molar-refractivity contribution is -0.139. The van der Waals surface area contributed by atoms with Crippen LogP contribution in [-0.2, 0) is 20.9 Å². The molecule has 1 rings (SSSR count). The Balaban J connectivity index is 2.36. The number of primary amides is 1. The predicted octanol–water partition coefficient (Wildman–Crippen LogP) is 0.481. The van der Waals surface area contributed by atoms with Crippen molar-refractivity contribution in [3.63, 3.8) is 0 Å². The number of hydrogen-bond acceptors (Lipinski definition) is 4. The number of nitrogens with one attached hydrogen (secondary N) is 1. The van der Waals surface area contributed by atoms with Crippen LogP contribution < -0.4 is 11.1 Å². The number of hydrogen-bond donors (Lipinski definition) is 2. The molecule has 0 unspecified atom stereocenters. The molecule has 0 saturated carbocycles. The zero-order chi connectivity index (χ0) is 13.4. The monoisotopic (exact) mass is 248 g/mol. The first-order valence-corrected chi connectivity index (χ1v) is 5.07. The lowest BCUT2D eigenvalue weighted by atomic mass is 10.2. The first kappa shape index (κ1) is 13.4. The molecule has 6 heteroatoms. The van der Waals surface area contributed by atoms with Crippen molar-refractivity contribution in [2.45, 2.75) is 6.61 Å². The zero-order valence-corrected chi connectivity index (χ0v) is 9.46. The van der Waals surface area contributed by atoms with Crippen LogP contribution in [0.25, 0.3) is 0 Å². The molecule has 94 valence electrons. The third-order valence-corrected chi connectivity index (χ3v) is 1.84. The largest absolute Gasteiger partial charge is 0.458 e. The second-order valence-corrected chi connectivity index (χ2v) is 3.28. The Bertz CT molecular complexity index is 468. The van der Waals surface area contributed by atoms with E-state index >= 15 is 0 Å². The number of imide groups is 1. The van der Waals surface area contributed by atoms with E-state index in [4.69, 9.17) is 10.5 Å². The Morgan fingerprint density at radius 2 is 1.83 bits per heavy atom. The Kier molecular flexibility index (Phi) is 5.11. The number of rotatable bonds is 4. The summed E-state index contributed by atoms with van der Waals surface area (Å²) in [6, 6.07) is 8.10. The van der Waals surface area contributed by atoms with Gasteiger partial charge in [0.05, 0.1) is 0 Å². The summed E-state index contributed by atoms with van der Waals surface area (Å²) in [6.45, 7) is 0.113. The molecule has 0 saturated heterocycles. The van der Waals surface area contributed by atoms with Crippen LogP contribution in [0, 0.1) is 0 Å². The summed E-state index contributed by atoms with van der Waals surface area (Å²) < 4.78 is 4.86. The van der Waals surface area contributed by atoms with Crippen LogP contribution in [0.3, 0.4) is 0 Å². The van der Waals surface area contributed by atoms with Gasteiger partial charge in [-0.1, -0.05) is 30.3 Å². The van der Waals surface area contributed by atoms with Crippen molar-refractivity contribution in [2.75, 3.05) is 0 Å². The molecule has 18 heavy (non-hydrogen) atoms. The minimum Gasteiger partial charge on any atom is -0.458 e. The van der Waals surface area contributed by atoms with E-state index in [2.05, 4.69) is 0 Å². The molecule has 0 fully saturated rings. The number of esters is 1. The minimum atomic E-state index is -0.984. The lowest BCUT2D eigenvalue weighted by Gasteiger charge is -2.01. The average Bonchev–Trinajstić information content (AvgIpc) is 2.34. The normalized spacial score (nSPS) is 10.0. The molecule has 6 nitrogen and oxygen atoms in total. The summed E-state index contributed by atoms with van der Waals surface area (Å²) >= 11 is 0. The van der Waals surface area contributed by atoms with Crippen LogP contribution in [-0.4, -0.2) is 17.9 Å². The molecule has 1 aromatic rings. The highest BCUT2D eigenvalue weighted by Crippen LogP contribution is 2.00. The molecular formula is C12H12N2O4. The number of carbonyl (C=O) groups excluding carboxylic acids is 3. The van der Waals surface area contributed by atoms with Crippen molar-refractivity contribution >= 4 is 17.9 Å². The van der Waals surface area contributed by atoms with Crippen LogP contribution in [0.1, 0.15) is 5.56 Å². The van der Waals surface area contributed by atoms with E-state index in [-0.39, 0.29) is 6.61 Å².